The fourth-order valence-electron chi connectivity index (χ4n) is 3.53. The molecule has 4 rings (SSSR count). The predicted molar refractivity (Wildman–Crippen MR) is 118 cm³/mol. The molecule has 0 spiro atoms. The molecule has 1 atom stereocenters. The van der Waals surface area contributed by atoms with Gasteiger partial charge in [-0.1, -0.05) is 29.5 Å². The van der Waals surface area contributed by atoms with Crippen LogP contribution in [0.4, 0.5) is 0 Å². The smallest absolute Gasteiger partial charge is 0.338 e. The maximum Gasteiger partial charge on any atom is 0.338 e. The van der Waals surface area contributed by atoms with Crippen molar-refractivity contribution < 1.29 is 14.3 Å². The molecule has 3 heterocycles. The highest BCUT2D eigenvalue weighted by atomic mass is 32.1. The topological polar surface area (TPSA) is 82.8 Å². The molecule has 31 heavy (non-hydrogen) atoms. The zero-order valence-electron chi connectivity index (χ0n) is 17.4. The van der Waals surface area contributed by atoms with Crippen molar-refractivity contribution in [3.63, 3.8) is 0 Å². The van der Waals surface area contributed by atoms with Gasteiger partial charge >= 0.3 is 5.97 Å². The van der Waals surface area contributed by atoms with Gasteiger partial charge in [-0.05, 0) is 49.2 Å². The van der Waals surface area contributed by atoms with Crippen LogP contribution < -0.4 is 19.6 Å². The van der Waals surface area contributed by atoms with Crippen LogP contribution in [0.15, 0.2) is 69.8 Å². The Morgan fingerprint density at radius 1 is 1.29 bits per heavy atom. The first-order valence-electron chi connectivity index (χ1n) is 9.77. The first-order valence-corrected chi connectivity index (χ1v) is 10.6. The number of fused-ring (bicyclic) bond motifs is 1. The summed E-state index contributed by atoms with van der Waals surface area (Å²) in [4.78, 5) is 35.5. The number of benzene rings is 1. The van der Waals surface area contributed by atoms with Crippen LogP contribution >= 0.6 is 11.3 Å². The van der Waals surface area contributed by atoms with Crippen molar-refractivity contribution in [2.45, 2.75) is 19.9 Å². The van der Waals surface area contributed by atoms with Crippen LogP contribution in [-0.2, 0) is 9.53 Å². The van der Waals surface area contributed by atoms with E-state index in [1.165, 1.54) is 11.3 Å². The van der Waals surface area contributed by atoms with Gasteiger partial charge in [0.2, 0.25) is 0 Å². The first-order chi connectivity index (χ1) is 15.0. The number of allylic oxidation sites excluding steroid dienone is 1. The van der Waals surface area contributed by atoms with Crippen LogP contribution in [0.5, 0.6) is 5.75 Å². The lowest BCUT2D eigenvalue weighted by Gasteiger charge is -2.25. The Kier molecular flexibility index (Phi) is 5.81. The molecule has 158 valence electrons. The summed E-state index contributed by atoms with van der Waals surface area (Å²) >= 11 is 1.28. The van der Waals surface area contributed by atoms with E-state index in [9.17, 15) is 9.59 Å². The van der Waals surface area contributed by atoms with Crippen molar-refractivity contribution in [1.82, 2.24) is 9.55 Å². The normalized spacial score (nSPS) is 16.0. The van der Waals surface area contributed by atoms with Crippen LogP contribution in [0.25, 0.3) is 6.08 Å². The Labute approximate surface area is 182 Å². The number of aromatic nitrogens is 2. The number of hydrogen-bond acceptors (Lipinski definition) is 7. The number of carbonyl (C=O) groups is 1. The summed E-state index contributed by atoms with van der Waals surface area (Å²) in [5.74, 6) is 0.144. The predicted octanol–water partition coefficient (Wildman–Crippen LogP) is 2.20. The third-order valence-electron chi connectivity index (χ3n) is 4.91. The van der Waals surface area contributed by atoms with E-state index in [1.807, 2.05) is 36.4 Å². The van der Waals surface area contributed by atoms with Gasteiger partial charge in [0, 0.05) is 12.4 Å². The Morgan fingerprint density at radius 2 is 2.13 bits per heavy atom. The highest BCUT2D eigenvalue weighted by Gasteiger charge is 2.33. The van der Waals surface area contributed by atoms with Gasteiger partial charge in [-0.3, -0.25) is 14.3 Å². The Morgan fingerprint density at radius 3 is 2.84 bits per heavy atom. The minimum Gasteiger partial charge on any atom is -0.497 e. The average Bonchev–Trinajstić information content (AvgIpc) is 3.08. The third-order valence-corrected chi connectivity index (χ3v) is 5.89. The Hall–Kier alpha value is -3.52. The number of thiazole rings is 1. The van der Waals surface area contributed by atoms with Crippen LogP contribution in [0.2, 0.25) is 0 Å². The Bertz CT molecular complexity index is 1340. The number of rotatable bonds is 5. The average molecular weight is 436 g/mol. The van der Waals surface area contributed by atoms with Crippen LogP contribution in [0.3, 0.4) is 0 Å². The van der Waals surface area contributed by atoms with Crippen LogP contribution in [0, 0.1) is 0 Å². The van der Waals surface area contributed by atoms with E-state index in [1.54, 1.807) is 44.0 Å². The highest BCUT2D eigenvalue weighted by Crippen LogP contribution is 2.32. The van der Waals surface area contributed by atoms with Gasteiger partial charge < -0.3 is 9.47 Å². The van der Waals surface area contributed by atoms with E-state index < -0.39 is 12.0 Å². The molecule has 2 aromatic heterocycles. The summed E-state index contributed by atoms with van der Waals surface area (Å²) in [5, 5.41) is 0. The van der Waals surface area contributed by atoms with Crippen LogP contribution in [0.1, 0.15) is 31.0 Å². The van der Waals surface area contributed by atoms with E-state index in [-0.39, 0.29) is 12.2 Å². The molecule has 1 unspecified atom stereocenters. The molecule has 0 fully saturated rings. The maximum atomic E-state index is 13.4. The molecule has 1 aromatic carbocycles. The van der Waals surface area contributed by atoms with Crippen molar-refractivity contribution in [3.05, 3.63) is 90.9 Å². The summed E-state index contributed by atoms with van der Waals surface area (Å²) in [7, 11) is 1.58. The van der Waals surface area contributed by atoms with Gasteiger partial charge in [0.1, 0.15) is 5.75 Å². The number of esters is 1. The lowest BCUT2D eigenvalue weighted by molar-refractivity contribution is -0.139. The zero-order valence-corrected chi connectivity index (χ0v) is 18.2. The fourth-order valence-corrected chi connectivity index (χ4v) is 4.58. The monoisotopic (exact) mass is 435 g/mol. The Balaban J connectivity index is 1.97. The van der Waals surface area contributed by atoms with Crippen molar-refractivity contribution in [1.29, 1.82) is 0 Å². The standard InChI is InChI=1S/C23H21N3O4S/c1-4-30-22(28)19-14(2)25-23-26(20(19)16-8-5-9-17(12-16)29-3)21(27)18(31-23)11-15-7-6-10-24-13-15/h5-13,20H,4H2,1-3H3/b18-11-. The summed E-state index contributed by atoms with van der Waals surface area (Å²) in [6.45, 7) is 3.74. The summed E-state index contributed by atoms with van der Waals surface area (Å²) < 4.78 is 12.7. The summed E-state index contributed by atoms with van der Waals surface area (Å²) in [5.41, 5.74) is 2.20. The number of carbonyl (C=O) groups excluding carboxylic acids is 1. The first kappa shape index (κ1) is 20.7. The second kappa shape index (κ2) is 8.69. The van der Waals surface area contributed by atoms with Crippen molar-refractivity contribution in [2.24, 2.45) is 4.99 Å². The molecular weight excluding hydrogens is 414 g/mol. The van der Waals surface area contributed by atoms with E-state index in [4.69, 9.17) is 9.47 Å². The van der Waals surface area contributed by atoms with E-state index >= 15 is 0 Å². The van der Waals surface area contributed by atoms with E-state index in [0.29, 0.717) is 26.4 Å². The molecule has 0 amide bonds. The molecule has 7 nitrogen and oxygen atoms in total. The van der Waals surface area contributed by atoms with Crippen molar-refractivity contribution in [2.75, 3.05) is 13.7 Å². The van der Waals surface area contributed by atoms with Crippen LogP contribution in [-0.4, -0.2) is 29.2 Å². The molecule has 1 aliphatic heterocycles. The number of methoxy groups -OCH3 is 1. The molecule has 0 aliphatic carbocycles. The minimum atomic E-state index is -0.665. The lowest BCUT2D eigenvalue weighted by Crippen LogP contribution is -2.39. The van der Waals surface area contributed by atoms with Gasteiger partial charge in [0.05, 0.1) is 35.6 Å². The van der Waals surface area contributed by atoms with E-state index in [0.717, 1.165) is 11.1 Å². The van der Waals surface area contributed by atoms with Gasteiger partial charge in [-0.25, -0.2) is 9.79 Å². The number of ether oxygens (including phenoxy) is 2. The number of pyridine rings is 1. The third kappa shape index (κ3) is 3.94. The molecule has 0 bridgehead atoms. The molecule has 8 heteroatoms. The van der Waals surface area contributed by atoms with Gasteiger partial charge in [-0.15, -0.1) is 0 Å². The molecule has 0 N–H and O–H groups in total. The molecule has 0 saturated heterocycles. The maximum absolute atomic E-state index is 13.4. The number of nitrogens with zero attached hydrogens (tertiary/aromatic N) is 3. The molecule has 3 aromatic rings. The molecule has 0 saturated carbocycles. The van der Waals surface area contributed by atoms with Gasteiger partial charge in [0.15, 0.2) is 4.80 Å². The second-order valence-corrected chi connectivity index (χ2v) is 7.87. The fraction of sp³-hybridized carbons (Fsp3) is 0.217. The summed E-state index contributed by atoms with van der Waals surface area (Å²) in [6, 6.07) is 10.4. The molecule has 1 aliphatic rings. The van der Waals surface area contributed by atoms with Crippen molar-refractivity contribution >= 4 is 23.4 Å². The van der Waals surface area contributed by atoms with E-state index in [2.05, 4.69) is 9.98 Å². The number of hydrogen-bond donors (Lipinski definition) is 0. The SMILES string of the molecule is CCOC(=O)C1=C(C)N=c2s/c(=C\c3cccnc3)c(=O)n2C1c1cccc(OC)c1. The quantitative estimate of drug-likeness (QED) is 0.574. The second-order valence-electron chi connectivity index (χ2n) is 6.87. The van der Waals surface area contributed by atoms with Gasteiger partial charge in [-0.2, -0.15) is 0 Å². The van der Waals surface area contributed by atoms with Gasteiger partial charge in [0.25, 0.3) is 5.56 Å². The van der Waals surface area contributed by atoms with Crippen molar-refractivity contribution in [3.8, 4) is 5.75 Å². The lowest BCUT2D eigenvalue weighted by atomic mass is 9.95. The summed E-state index contributed by atoms with van der Waals surface area (Å²) in [6.07, 6.45) is 5.15. The highest BCUT2D eigenvalue weighted by molar-refractivity contribution is 7.07. The molecular formula is C23H21N3O4S. The minimum absolute atomic E-state index is 0.227. The zero-order chi connectivity index (χ0) is 22.0. The largest absolute Gasteiger partial charge is 0.497 e. The molecule has 0 radical (unpaired) electrons.